The van der Waals surface area contributed by atoms with Gasteiger partial charge in [0.1, 0.15) is 5.75 Å². The number of benzene rings is 1. The summed E-state index contributed by atoms with van der Waals surface area (Å²) in [6, 6.07) is 8.05. The number of hydrogen-bond acceptors (Lipinski definition) is 5. The molecule has 0 saturated heterocycles. The minimum absolute atomic E-state index is 0.0654. The van der Waals surface area contributed by atoms with Gasteiger partial charge in [0.2, 0.25) is 10.0 Å². The van der Waals surface area contributed by atoms with E-state index in [0.29, 0.717) is 25.3 Å². The van der Waals surface area contributed by atoms with Crippen LogP contribution in [0.25, 0.3) is 0 Å². The molecule has 7 nitrogen and oxygen atoms in total. The molecule has 2 atom stereocenters. The molecule has 8 heteroatoms. The molecule has 1 amide bonds. The Kier molecular flexibility index (Phi) is 7.76. The number of fused-ring (bicyclic) bond motifs is 9. The van der Waals surface area contributed by atoms with E-state index in [1.807, 2.05) is 25.1 Å². The maximum absolute atomic E-state index is 13.0. The van der Waals surface area contributed by atoms with Crippen molar-refractivity contribution in [3.8, 4) is 5.75 Å². The minimum Gasteiger partial charge on any atom is -0.480 e. The van der Waals surface area contributed by atoms with Gasteiger partial charge in [-0.2, -0.15) is 0 Å². The standard InChI is InChI=1S/C22H34N2O5S/c1-4-20-22(25)24(2)14-13-18(15-23-30(3,26)27)28-17-11-9-16(10-12-17)19-7-5-6-8-21(19)29-20/h5-8,16-18,20,23H,4,9-15H2,1-3H3/t16-,17+,18?,20?. The lowest BCUT2D eigenvalue weighted by atomic mass is 9.82. The number of rotatable bonds is 4. The second-order valence-electron chi connectivity index (χ2n) is 8.45. The first-order valence-electron chi connectivity index (χ1n) is 10.9. The number of hydrogen-bond donors (Lipinski definition) is 1. The number of sulfonamides is 1. The Morgan fingerprint density at radius 1 is 1.13 bits per heavy atom. The van der Waals surface area contributed by atoms with Gasteiger partial charge in [0.05, 0.1) is 18.5 Å². The molecule has 0 aromatic heterocycles. The molecule has 2 heterocycles. The van der Waals surface area contributed by atoms with Crippen LogP contribution in [0, 0.1) is 0 Å². The highest BCUT2D eigenvalue weighted by atomic mass is 32.2. The molecule has 2 aliphatic heterocycles. The summed E-state index contributed by atoms with van der Waals surface area (Å²) in [5.41, 5.74) is 1.16. The van der Waals surface area contributed by atoms with Gasteiger partial charge in [0.15, 0.2) is 6.10 Å². The lowest BCUT2D eigenvalue weighted by Crippen LogP contribution is -2.43. The molecular formula is C22H34N2O5S. The Morgan fingerprint density at radius 2 is 1.83 bits per heavy atom. The summed E-state index contributed by atoms with van der Waals surface area (Å²) < 4.78 is 38.2. The van der Waals surface area contributed by atoms with E-state index in [-0.39, 0.29) is 24.7 Å². The zero-order valence-corrected chi connectivity index (χ0v) is 19.0. The topological polar surface area (TPSA) is 84.9 Å². The van der Waals surface area contributed by atoms with Gasteiger partial charge in [-0.05, 0) is 56.1 Å². The van der Waals surface area contributed by atoms with E-state index in [0.717, 1.165) is 43.3 Å². The Morgan fingerprint density at radius 3 is 2.50 bits per heavy atom. The van der Waals surface area contributed by atoms with Crippen LogP contribution in [0.15, 0.2) is 24.3 Å². The van der Waals surface area contributed by atoms with Crippen LogP contribution < -0.4 is 9.46 Å². The number of likely N-dealkylation sites (N-methyl/N-ethyl adjacent to an activating group) is 1. The molecule has 1 aromatic rings. The number of ether oxygens (including phenoxy) is 2. The van der Waals surface area contributed by atoms with Crippen molar-refractivity contribution in [1.82, 2.24) is 9.62 Å². The Hall–Kier alpha value is -1.64. The summed E-state index contributed by atoms with van der Waals surface area (Å²) in [6.07, 6.45) is 5.43. The normalized spacial score (nSPS) is 28.5. The maximum atomic E-state index is 13.0. The van der Waals surface area contributed by atoms with Gasteiger partial charge in [-0.15, -0.1) is 0 Å². The molecular weight excluding hydrogens is 404 g/mol. The number of amides is 1. The smallest absolute Gasteiger partial charge is 0.263 e. The first-order valence-corrected chi connectivity index (χ1v) is 12.8. The molecule has 30 heavy (non-hydrogen) atoms. The zero-order valence-electron chi connectivity index (χ0n) is 18.2. The molecule has 0 spiro atoms. The number of nitrogens with zero attached hydrogens (tertiary/aromatic N) is 1. The Bertz CT molecular complexity index is 821. The van der Waals surface area contributed by atoms with Crippen LogP contribution in [-0.2, 0) is 19.6 Å². The Balaban J connectivity index is 1.83. The zero-order chi connectivity index (χ0) is 21.7. The van der Waals surface area contributed by atoms with Crippen molar-refractivity contribution in [2.45, 2.75) is 69.7 Å². The van der Waals surface area contributed by atoms with Crippen LogP contribution in [0.5, 0.6) is 5.75 Å². The fourth-order valence-corrected chi connectivity index (χ4v) is 4.81. The fraction of sp³-hybridized carbons (Fsp3) is 0.682. The van der Waals surface area contributed by atoms with Gasteiger partial charge in [0.25, 0.3) is 5.91 Å². The van der Waals surface area contributed by atoms with Crippen LogP contribution in [0.1, 0.15) is 56.9 Å². The second kappa shape index (κ2) is 10.1. The van der Waals surface area contributed by atoms with E-state index < -0.39 is 16.1 Å². The molecule has 1 fully saturated rings. The summed E-state index contributed by atoms with van der Waals surface area (Å²) in [4.78, 5) is 14.7. The molecule has 4 rings (SSSR count). The van der Waals surface area contributed by atoms with E-state index in [4.69, 9.17) is 9.47 Å². The molecule has 1 saturated carbocycles. The third-order valence-electron chi connectivity index (χ3n) is 6.07. The summed E-state index contributed by atoms with van der Waals surface area (Å²) in [5.74, 6) is 1.12. The first kappa shape index (κ1) is 23.0. The minimum atomic E-state index is -3.30. The predicted octanol–water partition coefficient (Wildman–Crippen LogP) is 2.67. The van der Waals surface area contributed by atoms with Crippen LogP contribution in [0.4, 0.5) is 0 Å². The van der Waals surface area contributed by atoms with Gasteiger partial charge < -0.3 is 14.4 Å². The molecule has 1 N–H and O–H groups in total. The van der Waals surface area contributed by atoms with E-state index in [1.54, 1.807) is 11.9 Å². The van der Waals surface area contributed by atoms with E-state index in [2.05, 4.69) is 10.8 Å². The van der Waals surface area contributed by atoms with Gasteiger partial charge in [-0.3, -0.25) is 4.79 Å². The Labute approximate surface area is 180 Å². The van der Waals surface area contributed by atoms with Crippen molar-refractivity contribution in [2.75, 3.05) is 26.4 Å². The molecule has 168 valence electrons. The molecule has 3 aliphatic rings. The van der Waals surface area contributed by atoms with Crippen molar-refractivity contribution >= 4 is 15.9 Å². The number of carbonyl (C=O) groups excluding carboxylic acids is 1. The maximum Gasteiger partial charge on any atom is 0.263 e. The van der Waals surface area contributed by atoms with Crippen molar-refractivity contribution in [1.29, 1.82) is 0 Å². The summed E-state index contributed by atoms with van der Waals surface area (Å²) in [5, 5.41) is 0. The van der Waals surface area contributed by atoms with Gasteiger partial charge in [0, 0.05) is 20.1 Å². The van der Waals surface area contributed by atoms with Gasteiger partial charge in [-0.1, -0.05) is 25.1 Å². The average molecular weight is 439 g/mol. The fourth-order valence-electron chi connectivity index (χ4n) is 4.33. The number of carbonyl (C=O) groups is 1. The number of para-hydroxylation sites is 1. The third kappa shape index (κ3) is 6.18. The predicted molar refractivity (Wildman–Crippen MR) is 116 cm³/mol. The van der Waals surface area contributed by atoms with Crippen LogP contribution in [-0.4, -0.2) is 63.9 Å². The van der Waals surface area contributed by atoms with Crippen LogP contribution in [0.2, 0.25) is 0 Å². The highest BCUT2D eigenvalue weighted by Crippen LogP contribution is 2.39. The van der Waals surface area contributed by atoms with E-state index in [9.17, 15) is 13.2 Å². The van der Waals surface area contributed by atoms with Crippen molar-refractivity contribution in [2.24, 2.45) is 0 Å². The molecule has 1 aliphatic carbocycles. The molecule has 1 aromatic carbocycles. The van der Waals surface area contributed by atoms with Gasteiger partial charge >= 0.3 is 0 Å². The summed E-state index contributed by atoms with van der Waals surface area (Å²) in [7, 11) is -1.54. The SMILES string of the molecule is CCC1Oc2ccccc2[C@H]2CC[C@H](CC2)OC(CNS(C)(=O)=O)CCN(C)C1=O. The summed E-state index contributed by atoms with van der Waals surface area (Å²) in [6.45, 7) is 2.65. The quantitative estimate of drug-likeness (QED) is 0.781. The highest BCUT2D eigenvalue weighted by molar-refractivity contribution is 7.88. The first-order chi connectivity index (χ1) is 14.3. The molecule has 2 bridgehead atoms. The average Bonchev–Trinajstić information content (AvgIpc) is 2.73. The molecule has 2 unspecified atom stereocenters. The lowest BCUT2D eigenvalue weighted by Gasteiger charge is -2.34. The lowest BCUT2D eigenvalue weighted by molar-refractivity contribution is -0.138. The monoisotopic (exact) mass is 438 g/mol. The van der Waals surface area contributed by atoms with Crippen molar-refractivity contribution < 1.29 is 22.7 Å². The second-order valence-corrected chi connectivity index (χ2v) is 10.3. The third-order valence-corrected chi connectivity index (χ3v) is 6.76. The largest absolute Gasteiger partial charge is 0.480 e. The van der Waals surface area contributed by atoms with E-state index >= 15 is 0 Å². The summed E-state index contributed by atoms with van der Waals surface area (Å²) >= 11 is 0. The van der Waals surface area contributed by atoms with Gasteiger partial charge in [-0.25, -0.2) is 13.1 Å². The highest BCUT2D eigenvalue weighted by Gasteiger charge is 2.30. The van der Waals surface area contributed by atoms with Crippen LogP contribution in [0.3, 0.4) is 0 Å². The van der Waals surface area contributed by atoms with Crippen molar-refractivity contribution in [3.63, 3.8) is 0 Å². The van der Waals surface area contributed by atoms with Crippen molar-refractivity contribution in [3.05, 3.63) is 29.8 Å². The van der Waals surface area contributed by atoms with E-state index in [1.165, 1.54) is 0 Å². The molecule has 0 radical (unpaired) electrons. The van der Waals surface area contributed by atoms with Crippen LogP contribution >= 0.6 is 0 Å². The number of nitrogens with one attached hydrogen (secondary N) is 1.